The number of hydrogen-bond acceptors (Lipinski definition) is 4. The lowest BCUT2D eigenvalue weighted by molar-refractivity contribution is 0.215. The molecule has 3 aromatic carbocycles. The van der Waals surface area contributed by atoms with Crippen LogP contribution >= 0.6 is 0 Å². The van der Waals surface area contributed by atoms with Crippen LogP contribution in [0.3, 0.4) is 0 Å². The van der Waals surface area contributed by atoms with Crippen LogP contribution in [0.25, 0.3) is 0 Å². The summed E-state index contributed by atoms with van der Waals surface area (Å²) < 4.78 is 29.9. The lowest BCUT2D eigenvalue weighted by Gasteiger charge is -2.08. The summed E-state index contributed by atoms with van der Waals surface area (Å²) in [6.07, 6.45) is -0.610. The molecule has 26 heavy (non-hydrogen) atoms. The Labute approximate surface area is 152 Å². The number of hydrogen-bond donors (Lipinski definition) is 1. The Bertz CT molecular complexity index is 969. The summed E-state index contributed by atoms with van der Waals surface area (Å²) in [6.45, 7) is 0. The van der Waals surface area contributed by atoms with Crippen molar-refractivity contribution >= 4 is 21.6 Å². The molecule has 1 N–H and O–H groups in total. The van der Waals surface area contributed by atoms with E-state index in [-0.39, 0.29) is 10.6 Å². The molecule has 0 radical (unpaired) electrons. The summed E-state index contributed by atoms with van der Waals surface area (Å²) in [6, 6.07) is 23.6. The molecule has 132 valence electrons. The van der Waals surface area contributed by atoms with Crippen molar-refractivity contribution in [1.29, 1.82) is 0 Å². The van der Waals surface area contributed by atoms with E-state index in [1.807, 2.05) is 6.07 Å². The number of para-hydroxylation sites is 1. The highest BCUT2D eigenvalue weighted by Gasteiger charge is 2.15. The van der Waals surface area contributed by atoms with E-state index >= 15 is 0 Å². The monoisotopic (exact) mass is 367 g/mol. The van der Waals surface area contributed by atoms with Gasteiger partial charge < -0.3 is 4.74 Å². The van der Waals surface area contributed by atoms with E-state index in [0.29, 0.717) is 17.0 Å². The van der Waals surface area contributed by atoms with Crippen molar-refractivity contribution in [3.63, 3.8) is 0 Å². The molecular formula is C20H17NO4S. The first-order valence-electron chi connectivity index (χ1n) is 7.93. The molecule has 6 heteroatoms. The van der Waals surface area contributed by atoms with Gasteiger partial charge in [0.1, 0.15) is 5.75 Å². The van der Waals surface area contributed by atoms with Crippen LogP contribution in [0, 0.1) is 0 Å². The number of anilines is 1. The first-order valence-corrected chi connectivity index (χ1v) is 9.59. The summed E-state index contributed by atoms with van der Waals surface area (Å²) in [4.78, 5) is 12.1. The van der Waals surface area contributed by atoms with E-state index in [1.165, 1.54) is 0 Å². The fourth-order valence-corrected chi connectivity index (χ4v) is 3.72. The van der Waals surface area contributed by atoms with Crippen LogP contribution in [0.1, 0.15) is 5.56 Å². The molecule has 0 aliphatic heterocycles. The topological polar surface area (TPSA) is 72.5 Å². The van der Waals surface area contributed by atoms with E-state index < -0.39 is 15.9 Å². The minimum atomic E-state index is -3.40. The Morgan fingerprint density at radius 3 is 2.00 bits per heavy atom. The predicted octanol–water partition coefficient (Wildman–Crippen LogP) is 4.27. The number of rotatable bonds is 5. The minimum absolute atomic E-state index is 0.105. The highest BCUT2D eigenvalue weighted by atomic mass is 32.2. The molecule has 0 unspecified atom stereocenters. The summed E-state index contributed by atoms with van der Waals surface area (Å²) in [5.74, 6) is 0.335. The quantitative estimate of drug-likeness (QED) is 0.731. The average Bonchev–Trinajstić information content (AvgIpc) is 2.65. The second-order valence-electron chi connectivity index (χ2n) is 5.60. The zero-order valence-corrected chi connectivity index (χ0v) is 14.6. The average molecular weight is 367 g/mol. The van der Waals surface area contributed by atoms with E-state index in [0.717, 1.165) is 0 Å². The third kappa shape index (κ3) is 4.70. The maximum atomic E-state index is 12.4. The second-order valence-corrected chi connectivity index (χ2v) is 7.59. The number of nitrogens with one attached hydrogen (secondary N) is 1. The van der Waals surface area contributed by atoms with Gasteiger partial charge >= 0.3 is 6.09 Å². The molecule has 0 bridgehead atoms. The zero-order valence-electron chi connectivity index (χ0n) is 13.8. The van der Waals surface area contributed by atoms with Gasteiger partial charge in [-0.05, 0) is 42.0 Å². The molecule has 0 aromatic heterocycles. The molecule has 0 fully saturated rings. The highest BCUT2D eigenvalue weighted by molar-refractivity contribution is 7.90. The largest absolute Gasteiger partial charge is 0.417 e. The summed E-state index contributed by atoms with van der Waals surface area (Å²) in [5.41, 5.74) is 1.16. The number of carbonyl (C=O) groups excluding carboxylic acids is 1. The van der Waals surface area contributed by atoms with Gasteiger partial charge in [-0.1, -0.05) is 48.5 Å². The van der Waals surface area contributed by atoms with Crippen molar-refractivity contribution in [2.24, 2.45) is 0 Å². The Kier molecular flexibility index (Phi) is 5.34. The van der Waals surface area contributed by atoms with Crippen LogP contribution in [0.4, 0.5) is 10.5 Å². The van der Waals surface area contributed by atoms with Gasteiger partial charge in [0.2, 0.25) is 0 Å². The molecular weight excluding hydrogens is 350 g/mol. The SMILES string of the molecule is O=C(Nc1ccc(CS(=O)(=O)c2ccccc2)cc1)Oc1ccccc1. The van der Waals surface area contributed by atoms with Crippen molar-refractivity contribution < 1.29 is 17.9 Å². The van der Waals surface area contributed by atoms with Crippen LogP contribution in [-0.4, -0.2) is 14.5 Å². The van der Waals surface area contributed by atoms with Crippen LogP contribution < -0.4 is 10.1 Å². The lowest BCUT2D eigenvalue weighted by Crippen LogP contribution is -2.16. The Morgan fingerprint density at radius 2 is 1.38 bits per heavy atom. The molecule has 0 aliphatic carbocycles. The zero-order chi connectivity index (χ0) is 18.4. The predicted molar refractivity (Wildman–Crippen MR) is 99.9 cm³/mol. The summed E-state index contributed by atoms with van der Waals surface area (Å²) >= 11 is 0. The Morgan fingerprint density at radius 1 is 0.808 bits per heavy atom. The molecule has 0 saturated carbocycles. The van der Waals surface area contributed by atoms with Gasteiger partial charge in [-0.15, -0.1) is 0 Å². The molecule has 0 heterocycles. The molecule has 1 amide bonds. The van der Waals surface area contributed by atoms with Gasteiger partial charge in [-0.3, -0.25) is 5.32 Å². The molecule has 0 aliphatic rings. The van der Waals surface area contributed by atoms with Gasteiger partial charge in [-0.25, -0.2) is 13.2 Å². The van der Waals surface area contributed by atoms with E-state index in [9.17, 15) is 13.2 Å². The van der Waals surface area contributed by atoms with Crippen molar-refractivity contribution in [3.05, 3.63) is 90.5 Å². The fourth-order valence-electron chi connectivity index (χ4n) is 2.35. The van der Waals surface area contributed by atoms with Crippen LogP contribution in [-0.2, 0) is 15.6 Å². The molecule has 0 atom stereocenters. The first kappa shape index (κ1) is 17.7. The van der Waals surface area contributed by atoms with E-state index in [4.69, 9.17) is 4.74 Å². The third-order valence-corrected chi connectivity index (χ3v) is 5.32. The second kappa shape index (κ2) is 7.84. The molecule has 3 aromatic rings. The molecule has 3 rings (SSSR count). The minimum Gasteiger partial charge on any atom is -0.410 e. The maximum absolute atomic E-state index is 12.4. The normalized spacial score (nSPS) is 10.9. The van der Waals surface area contributed by atoms with Crippen LogP contribution in [0.15, 0.2) is 89.8 Å². The number of sulfone groups is 1. The number of benzene rings is 3. The Balaban J connectivity index is 1.62. The van der Waals surface area contributed by atoms with Gasteiger partial charge in [-0.2, -0.15) is 0 Å². The van der Waals surface area contributed by atoms with Crippen LogP contribution in [0.5, 0.6) is 5.75 Å². The van der Waals surface area contributed by atoms with Crippen molar-refractivity contribution in [1.82, 2.24) is 0 Å². The Hall–Kier alpha value is -3.12. The van der Waals surface area contributed by atoms with E-state index in [1.54, 1.807) is 78.9 Å². The van der Waals surface area contributed by atoms with Crippen molar-refractivity contribution in [2.45, 2.75) is 10.6 Å². The fraction of sp³-hybridized carbons (Fsp3) is 0.0500. The number of amides is 1. The number of carbonyl (C=O) groups is 1. The van der Waals surface area contributed by atoms with Crippen LogP contribution in [0.2, 0.25) is 0 Å². The first-order chi connectivity index (χ1) is 12.5. The molecule has 0 saturated heterocycles. The standard InChI is InChI=1S/C20H17NO4S/c22-20(25-18-7-3-1-4-8-18)21-17-13-11-16(12-14-17)15-26(23,24)19-9-5-2-6-10-19/h1-14H,15H2,(H,21,22). The van der Waals surface area contributed by atoms with Gasteiger partial charge in [0, 0.05) is 5.69 Å². The van der Waals surface area contributed by atoms with Gasteiger partial charge in [0.15, 0.2) is 9.84 Å². The summed E-state index contributed by atoms with van der Waals surface area (Å²) in [5, 5.41) is 2.60. The third-order valence-electron chi connectivity index (χ3n) is 3.61. The smallest absolute Gasteiger partial charge is 0.410 e. The molecule has 0 spiro atoms. The van der Waals surface area contributed by atoms with Crippen molar-refractivity contribution in [2.75, 3.05) is 5.32 Å². The molecule has 5 nitrogen and oxygen atoms in total. The van der Waals surface area contributed by atoms with Gasteiger partial charge in [0.05, 0.1) is 10.6 Å². The number of ether oxygens (including phenoxy) is 1. The highest BCUT2D eigenvalue weighted by Crippen LogP contribution is 2.18. The van der Waals surface area contributed by atoms with E-state index in [2.05, 4.69) is 5.32 Å². The summed E-state index contributed by atoms with van der Waals surface area (Å²) in [7, 11) is -3.40. The van der Waals surface area contributed by atoms with Crippen molar-refractivity contribution in [3.8, 4) is 5.75 Å². The maximum Gasteiger partial charge on any atom is 0.417 e. The lowest BCUT2D eigenvalue weighted by atomic mass is 10.2. The van der Waals surface area contributed by atoms with Gasteiger partial charge in [0.25, 0.3) is 0 Å².